The maximum atomic E-state index is 12.3. The van der Waals surface area contributed by atoms with E-state index in [4.69, 9.17) is 0 Å². The number of aromatic nitrogens is 2. The number of carbonyl (C=O) groups excluding carboxylic acids is 1. The summed E-state index contributed by atoms with van der Waals surface area (Å²) in [6, 6.07) is 17.4. The monoisotopic (exact) mass is 303 g/mol. The molecular weight excluding hydrogens is 286 g/mol. The van der Waals surface area contributed by atoms with Crippen molar-refractivity contribution < 1.29 is 4.79 Å². The first kappa shape index (κ1) is 14.9. The largest absolute Gasteiger partial charge is 0.348 e. The Hall–Kier alpha value is -3.01. The summed E-state index contributed by atoms with van der Waals surface area (Å²) < 4.78 is 0. The predicted octanol–water partition coefficient (Wildman–Crippen LogP) is 3.38. The Morgan fingerprint density at radius 1 is 1.04 bits per heavy atom. The van der Waals surface area contributed by atoms with E-state index in [1.807, 2.05) is 61.5 Å². The molecule has 114 valence electrons. The van der Waals surface area contributed by atoms with Crippen LogP contribution in [0.5, 0.6) is 0 Å². The van der Waals surface area contributed by atoms with Crippen LogP contribution in [0.1, 0.15) is 21.6 Å². The lowest BCUT2D eigenvalue weighted by Gasteiger charge is -2.09. The van der Waals surface area contributed by atoms with Crippen molar-refractivity contribution >= 4 is 5.91 Å². The lowest BCUT2D eigenvalue weighted by atomic mass is 10.1. The quantitative estimate of drug-likeness (QED) is 0.804. The molecule has 0 radical (unpaired) electrons. The van der Waals surface area contributed by atoms with Crippen LogP contribution in [0.15, 0.2) is 67.0 Å². The summed E-state index contributed by atoms with van der Waals surface area (Å²) in [5.41, 5.74) is 4.18. The molecule has 0 saturated carbocycles. The fourth-order valence-corrected chi connectivity index (χ4v) is 2.35. The molecule has 0 spiro atoms. The van der Waals surface area contributed by atoms with Gasteiger partial charge in [0.05, 0.1) is 17.0 Å². The van der Waals surface area contributed by atoms with Gasteiger partial charge in [-0.1, -0.05) is 36.4 Å². The van der Waals surface area contributed by atoms with Crippen molar-refractivity contribution in [1.82, 2.24) is 15.3 Å². The van der Waals surface area contributed by atoms with Gasteiger partial charge in [0.25, 0.3) is 5.91 Å². The second-order valence-electron chi connectivity index (χ2n) is 5.24. The van der Waals surface area contributed by atoms with E-state index in [2.05, 4.69) is 15.3 Å². The van der Waals surface area contributed by atoms with Crippen molar-refractivity contribution in [1.29, 1.82) is 0 Å². The fourth-order valence-electron chi connectivity index (χ4n) is 2.35. The van der Waals surface area contributed by atoms with Crippen LogP contribution in [0.25, 0.3) is 11.3 Å². The molecule has 0 unspecified atom stereocenters. The van der Waals surface area contributed by atoms with Crippen LogP contribution in [-0.4, -0.2) is 15.9 Å². The van der Waals surface area contributed by atoms with E-state index in [0.717, 1.165) is 22.5 Å². The molecule has 0 aliphatic heterocycles. The van der Waals surface area contributed by atoms with E-state index in [-0.39, 0.29) is 5.91 Å². The maximum Gasteiger partial charge on any atom is 0.253 e. The molecule has 2 aromatic heterocycles. The van der Waals surface area contributed by atoms with Gasteiger partial charge in [-0.2, -0.15) is 0 Å². The van der Waals surface area contributed by atoms with Gasteiger partial charge < -0.3 is 5.32 Å². The third-order valence-electron chi connectivity index (χ3n) is 3.58. The summed E-state index contributed by atoms with van der Waals surface area (Å²) in [6.07, 6.45) is 3.45. The number of carbonyl (C=O) groups is 1. The van der Waals surface area contributed by atoms with Gasteiger partial charge >= 0.3 is 0 Å². The summed E-state index contributed by atoms with van der Waals surface area (Å²) >= 11 is 0. The van der Waals surface area contributed by atoms with Crippen molar-refractivity contribution in [3.05, 3.63) is 83.8 Å². The minimum atomic E-state index is -0.126. The van der Waals surface area contributed by atoms with Gasteiger partial charge in [0.15, 0.2) is 0 Å². The standard InChI is InChI=1S/C19H17N3O/c1-14-17(19(23)21-13-15-6-5-11-20-12-15)9-10-18(22-14)16-7-3-2-4-8-16/h2-12H,13H2,1H3,(H,21,23). The van der Waals surface area contributed by atoms with Crippen molar-refractivity contribution in [2.24, 2.45) is 0 Å². The van der Waals surface area contributed by atoms with Gasteiger partial charge in [-0.3, -0.25) is 14.8 Å². The van der Waals surface area contributed by atoms with Crippen LogP contribution in [0.4, 0.5) is 0 Å². The highest BCUT2D eigenvalue weighted by molar-refractivity contribution is 5.95. The van der Waals surface area contributed by atoms with Crippen LogP contribution in [-0.2, 0) is 6.54 Å². The molecule has 0 fully saturated rings. The number of amides is 1. The van der Waals surface area contributed by atoms with Crippen molar-refractivity contribution in [2.75, 3.05) is 0 Å². The Kier molecular flexibility index (Phi) is 4.43. The fraction of sp³-hybridized carbons (Fsp3) is 0.105. The Bertz CT molecular complexity index is 801. The van der Waals surface area contributed by atoms with Crippen molar-refractivity contribution in [3.63, 3.8) is 0 Å². The average molecular weight is 303 g/mol. The number of pyridine rings is 2. The molecule has 4 heteroatoms. The molecule has 1 N–H and O–H groups in total. The third kappa shape index (κ3) is 3.61. The molecule has 0 atom stereocenters. The lowest BCUT2D eigenvalue weighted by Crippen LogP contribution is -2.24. The molecule has 1 amide bonds. The molecule has 3 aromatic rings. The minimum absolute atomic E-state index is 0.126. The zero-order valence-electron chi connectivity index (χ0n) is 12.9. The Balaban J connectivity index is 1.74. The van der Waals surface area contributed by atoms with Gasteiger partial charge in [0.1, 0.15) is 0 Å². The van der Waals surface area contributed by atoms with Gasteiger partial charge in [-0.25, -0.2) is 0 Å². The van der Waals surface area contributed by atoms with Crippen LogP contribution in [0, 0.1) is 6.92 Å². The van der Waals surface area contributed by atoms with Gasteiger partial charge in [0, 0.05) is 24.5 Å². The molecule has 2 heterocycles. The van der Waals surface area contributed by atoms with E-state index in [1.165, 1.54) is 0 Å². The van der Waals surface area contributed by atoms with Gasteiger partial charge in [0.2, 0.25) is 0 Å². The van der Waals surface area contributed by atoms with E-state index in [9.17, 15) is 4.79 Å². The molecule has 0 saturated heterocycles. The minimum Gasteiger partial charge on any atom is -0.348 e. The molecule has 4 nitrogen and oxygen atoms in total. The Morgan fingerprint density at radius 3 is 2.57 bits per heavy atom. The number of rotatable bonds is 4. The van der Waals surface area contributed by atoms with E-state index in [0.29, 0.717) is 12.1 Å². The molecule has 0 bridgehead atoms. The molecule has 1 aromatic carbocycles. The number of hydrogen-bond donors (Lipinski definition) is 1. The van der Waals surface area contributed by atoms with Crippen LogP contribution < -0.4 is 5.32 Å². The summed E-state index contributed by atoms with van der Waals surface area (Å²) in [5, 5.41) is 2.90. The summed E-state index contributed by atoms with van der Waals surface area (Å²) in [6.45, 7) is 2.30. The predicted molar refractivity (Wildman–Crippen MR) is 89.8 cm³/mol. The number of benzene rings is 1. The molecule has 0 aliphatic rings. The summed E-state index contributed by atoms with van der Waals surface area (Å²) in [4.78, 5) is 20.9. The lowest BCUT2D eigenvalue weighted by molar-refractivity contribution is 0.0950. The first-order valence-electron chi connectivity index (χ1n) is 7.44. The molecule has 3 rings (SSSR count). The normalized spacial score (nSPS) is 10.3. The maximum absolute atomic E-state index is 12.3. The zero-order valence-corrected chi connectivity index (χ0v) is 12.9. The highest BCUT2D eigenvalue weighted by Gasteiger charge is 2.11. The van der Waals surface area contributed by atoms with Gasteiger partial charge in [-0.05, 0) is 30.7 Å². The SMILES string of the molecule is Cc1nc(-c2ccccc2)ccc1C(=O)NCc1cccnc1. The van der Waals surface area contributed by atoms with E-state index in [1.54, 1.807) is 12.4 Å². The number of nitrogens with one attached hydrogen (secondary N) is 1. The van der Waals surface area contributed by atoms with E-state index >= 15 is 0 Å². The van der Waals surface area contributed by atoms with Gasteiger partial charge in [-0.15, -0.1) is 0 Å². The topological polar surface area (TPSA) is 54.9 Å². The molecular formula is C19H17N3O. The first-order chi connectivity index (χ1) is 11.2. The number of aryl methyl sites for hydroxylation is 1. The highest BCUT2D eigenvalue weighted by atomic mass is 16.1. The van der Waals surface area contributed by atoms with Crippen molar-refractivity contribution in [2.45, 2.75) is 13.5 Å². The third-order valence-corrected chi connectivity index (χ3v) is 3.58. The second-order valence-corrected chi connectivity index (χ2v) is 5.24. The summed E-state index contributed by atoms with van der Waals surface area (Å²) in [7, 11) is 0. The first-order valence-corrected chi connectivity index (χ1v) is 7.44. The molecule has 23 heavy (non-hydrogen) atoms. The van der Waals surface area contributed by atoms with Crippen LogP contribution >= 0.6 is 0 Å². The Labute approximate surface area is 135 Å². The van der Waals surface area contributed by atoms with Crippen LogP contribution in [0.2, 0.25) is 0 Å². The Morgan fingerprint density at radius 2 is 1.87 bits per heavy atom. The van der Waals surface area contributed by atoms with Crippen molar-refractivity contribution in [3.8, 4) is 11.3 Å². The smallest absolute Gasteiger partial charge is 0.253 e. The highest BCUT2D eigenvalue weighted by Crippen LogP contribution is 2.18. The zero-order chi connectivity index (χ0) is 16.1. The van der Waals surface area contributed by atoms with E-state index < -0.39 is 0 Å². The van der Waals surface area contributed by atoms with Crippen LogP contribution in [0.3, 0.4) is 0 Å². The molecule has 0 aliphatic carbocycles. The average Bonchev–Trinajstić information content (AvgIpc) is 2.61. The summed E-state index contributed by atoms with van der Waals surface area (Å²) in [5.74, 6) is -0.126. The number of nitrogens with zero attached hydrogens (tertiary/aromatic N) is 2. The number of hydrogen-bond acceptors (Lipinski definition) is 3. The second kappa shape index (κ2) is 6.83.